The van der Waals surface area contributed by atoms with Crippen molar-refractivity contribution >= 4 is 50.7 Å². The predicted molar refractivity (Wildman–Crippen MR) is 152 cm³/mol. The minimum Gasteiger partial charge on any atom is -0.354 e. The lowest BCUT2D eigenvalue weighted by molar-refractivity contribution is -0.139. The number of amides is 2. The van der Waals surface area contributed by atoms with Crippen molar-refractivity contribution in [1.82, 2.24) is 10.2 Å². The number of rotatable bonds is 12. The van der Waals surface area contributed by atoms with E-state index in [9.17, 15) is 18.0 Å². The predicted octanol–water partition coefficient (Wildman–Crippen LogP) is 5.52. The molecule has 0 fully saturated rings. The molecule has 2 amide bonds. The molecule has 0 aliphatic carbocycles. The van der Waals surface area contributed by atoms with Gasteiger partial charge in [0, 0.05) is 18.1 Å². The summed E-state index contributed by atoms with van der Waals surface area (Å²) in [6.07, 6.45) is 1.71. The average Bonchev–Trinajstić information content (AvgIpc) is 2.91. The largest absolute Gasteiger partial charge is 0.354 e. The number of carbonyl (C=O) groups is 2. The van der Waals surface area contributed by atoms with E-state index in [0.717, 1.165) is 17.1 Å². The molecule has 0 radical (unpaired) electrons. The second kappa shape index (κ2) is 13.6. The molecule has 0 unspecified atom stereocenters. The Labute approximate surface area is 234 Å². The van der Waals surface area contributed by atoms with E-state index in [1.807, 2.05) is 6.92 Å². The number of unbranched alkanes of at least 4 members (excludes halogenated alkanes) is 1. The maximum atomic E-state index is 13.8. The molecule has 7 nitrogen and oxygen atoms in total. The lowest BCUT2D eigenvalue weighted by atomic mass is 10.1. The summed E-state index contributed by atoms with van der Waals surface area (Å²) >= 11 is 12.6. The molecule has 0 spiro atoms. The van der Waals surface area contributed by atoms with E-state index in [0.29, 0.717) is 17.1 Å². The third-order valence-electron chi connectivity index (χ3n) is 5.97. The van der Waals surface area contributed by atoms with Gasteiger partial charge in [-0.3, -0.25) is 13.9 Å². The molecule has 3 aromatic carbocycles. The zero-order valence-corrected chi connectivity index (χ0v) is 23.6. The van der Waals surface area contributed by atoms with Crippen molar-refractivity contribution in [2.24, 2.45) is 0 Å². The molecule has 0 aliphatic heterocycles. The lowest BCUT2D eigenvalue weighted by Crippen LogP contribution is -2.51. The van der Waals surface area contributed by atoms with Crippen LogP contribution in [0.2, 0.25) is 10.0 Å². The van der Waals surface area contributed by atoms with E-state index >= 15 is 0 Å². The van der Waals surface area contributed by atoms with Crippen LogP contribution in [-0.4, -0.2) is 44.3 Å². The van der Waals surface area contributed by atoms with Gasteiger partial charge in [-0.1, -0.05) is 79.0 Å². The summed E-state index contributed by atoms with van der Waals surface area (Å²) in [4.78, 5) is 28.2. The van der Waals surface area contributed by atoms with Crippen LogP contribution in [0.4, 0.5) is 5.69 Å². The smallest absolute Gasteiger partial charge is 0.264 e. The Bertz CT molecular complexity index is 1350. The number of anilines is 1. The van der Waals surface area contributed by atoms with Gasteiger partial charge in [-0.15, -0.1) is 0 Å². The summed E-state index contributed by atoms with van der Waals surface area (Å²) in [5.41, 5.74) is 0.864. The fourth-order valence-corrected chi connectivity index (χ4v) is 5.79. The van der Waals surface area contributed by atoms with Crippen LogP contribution in [-0.2, 0) is 26.2 Å². The Morgan fingerprint density at radius 3 is 2.29 bits per heavy atom. The normalized spacial score (nSPS) is 12.0. The van der Waals surface area contributed by atoms with Gasteiger partial charge < -0.3 is 10.2 Å². The third kappa shape index (κ3) is 7.49. The molecular weight excluding hydrogens is 545 g/mol. The Balaban J connectivity index is 2.00. The van der Waals surface area contributed by atoms with Crippen LogP contribution in [0.15, 0.2) is 83.8 Å². The van der Waals surface area contributed by atoms with Gasteiger partial charge in [0.1, 0.15) is 12.6 Å². The number of hydrogen-bond acceptors (Lipinski definition) is 4. The molecule has 1 N–H and O–H groups in total. The topological polar surface area (TPSA) is 86.8 Å². The molecule has 0 bridgehead atoms. The zero-order valence-electron chi connectivity index (χ0n) is 21.3. The number of nitrogens with one attached hydrogen (secondary N) is 1. The summed E-state index contributed by atoms with van der Waals surface area (Å²) in [7, 11) is -4.17. The van der Waals surface area contributed by atoms with E-state index in [2.05, 4.69) is 5.32 Å². The van der Waals surface area contributed by atoms with Crippen molar-refractivity contribution in [3.63, 3.8) is 0 Å². The summed E-state index contributed by atoms with van der Waals surface area (Å²) < 4.78 is 28.4. The van der Waals surface area contributed by atoms with Crippen LogP contribution >= 0.6 is 23.2 Å². The average molecular weight is 577 g/mol. The number of sulfonamides is 1. The van der Waals surface area contributed by atoms with Crippen molar-refractivity contribution < 1.29 is 18.0 Å². The fourth-order valence-electron chi connectivity index (χ4n) is 3.84. The number of hydrogen-bond donors (Lipinski definition) is 1. The highest BCUT2D eigenvalue weighted by Gasteiger charge is 2.33. The van der Waals surface area contributed by atoms with Gasteiger partial charge in [0.25, 0.3) is 10.0 Å². The lowest BCUT2D eigenvalue weighted by Gasteiger charge is -2.32. The highest BCUT2D eigenvalue weighted by molar-refractivity contribution is 7.92. The number of nitrogens with zero attached hydrogens (tertiary/aromatic N) is 2. The van der Waals surface area contributed by atoms with Crippen molar-refractivity contribution in [3.05, 3.63) is 94.5 Å². The Morgan fingerprint density at radius 1 is 0.947 bits per heavy atom. The quantitative estimate of drug-likeness (QED) is 0.288. The molecule has 3 aromatic rings. The molecule has 3 rings (SSSR count). The minimum atomic E-state index is -4.17. The van der Waals surface area contributed by atoms with Gasteiger partial charge in [-0.05, 0) is 55.3 Å². The highest BCUT2D eigenvalue weighted by atomic mass is 35.5. The highest BCUT2D eigenvalue weighted by Crippen LogP contribution is 2.30. The van der Waals surface area contributed by atoms with Gasteiger partial charge >= 0.3 is 0 Å². The SMILES string of the molecule is CCCCNC(=O)[C@@H](C)N(Cc1cccc(Cl)c1)C(=O)CN(c1ccccc1Cl)S(=O)(=O)c1ccccc1. The number of para-hydroxylation sites is 1. The maximum absolute atomic E-state index is 13.8. The first-order chi connectivity index (χ1) is 18.1. The zero-order chi connectivity index (χ0) is 27.7. The van der Waals surface area contributed by atoms with E-state index in [1.165, 1.54) is 23.1 Å². The van der Waals surface area contributed by atoms with Gasteiger partial charge in [0.05, 0.1) is 15.6 Å². The molecule has 10 heteroatoms. The van der Waals surface area contributed by atoms with Gasteiger partial charge in [-0.2, -0.15) is 0 Å². The van der Waals surface area contributed by atoms with E-state index < -0.39 is 28.5 Å². The van der Waals surface area contributed by atoms with Gasteiger partial charge in [0.2, 0.25) is 11.8 Å². The Hall–Kier alpha value is -3.07. The van der Waals surface area contributed by atoms with Crippen LogP contribution in [0.5, 0.6) is 0 Å². The molecular formula is C28H31Cl2N3O4S. The van der Waals surface area contributed by atoms with Gasteiger partial charge in [0.15, 0.2) is 0 Å². The van der Waals surface area contributed by atoms with Crippen LogP contribution < -0.4 is 9.62 Å². The molecule has 0 aliphatic rings. The van der Waals surface area contributed by atoms with E-state index in [4.69, 9.17) is 23.2 Å². The molecule has 0 saturated carbocycles. The van der Waals surface area contributed by atoms with Crippen LogP contribution in [0, 0.1) is 0 Å². The number of carbonyl (C=O) groups excluding carboxylic acids is 2. The summed E-state index contributed by atoms with van der Waals surface area (Å²) in [5, 5.41) is 3.51. The molecule has 0 saturated heterocycles. The summed E-state index contributed by atoms with van der Waals surface area (Å²) in [5.74, 6) is -0.897. The molecule has 0 aromatic heterocycles. The van der Waals surface area contributed by atoms with Crippen molar-refractivity contribution in [3.8, 4) is 0 Å². The summed E-state index contributed by atoms with van der Waals surface area (Å²) in [6.45, 7) is 3.61. The maximum Gasteiger partial charge on any atom is 0.264 e. The third-order valence-corrected chi connectivity index (χ3v) is 8.30. The van der Waals surface area contributed by atoms with Crippen LogP contribution in [0.1, 0.15) is 32.3 Å². The van der Waals surface area contributed by atoms with Crippen molar-refractivity contribution in [2.45, 2.75) is 44.2 Å². The fraction of sp³-hybridized carbons (Fsp3) is 0.286. The first kappa shape index (κ1) is 29.5. The second-order valence-corrected chi connectivity index (χ2v) is 11.5. The van der Waals surface area contributed by atoms with Gasteiger partial charge in [-0.25, -0.2) is 8.42 Å². The van der Waals surface area contributed by atoms with Crippen molar-refractivity contribution in [1.29, 1.82) is 0 Å². The first-order valence-corrected chi connectivity index (χ1v) is 14.5. The monoisotopic (exact) mass is 575 g/mol. The van der Waals surface area contributed by atoms with E-state index in [1.54, 1.807) is 67.6 Å². The molecule has 38 heavy (non-hydrogen) atoms. The standard InChI is InChI=1S/C28H31Cl2N3O4S/c1-3-4-17-31-28(35)21(2)32(19-22-11-10-12-23(29)18-22)27(34)20-33(26-16-9-8-15-25(26)30)38(36,37)24-13-6-5-7-14-24/h5-16,18,21H,3-4,17,19-20H2,1-2H3,(H,31,35)/t21-/m1/s1. The molecule has 0 heterocycles. The van der Waals surface area contributed by atoms with Crippen LogP contribution in [0.25, 0.3) is 0 Å². The second-order valence-electron chi connectivity index (χ2n) is 8.75. The first-order valence-electron chi connectivity index (χ1n) is 12.3. The Kier molecular flexibility index (Phi) is 10.6. The summed E-state index contributed by atoms with van der Waals surface area (Å²) in [6, 6.07) is 20.3. The Morgan fingerprint density at radius 2 is 1.63 bits per heavy atom. The molecule has 202 valence electrons. The number of halogens is 2. The molecule has 1 atom stereocenters. The van der Waals surface area contributed by atoms with Crippen molar-refractivity contribution in [2.75, 3.05) is 17.4 Å². The number of benzene rings is 3. The van der Waals surface area contributed by atoms with Crippen LogP contribution in [0.3, 0.4) is 0 Å². The van der Waals surface area contributed by atoms with E-state index in [-0.39, 0.29) is 28.1 Å². The minimum absolute atomic E-state index is 0.0134.